The fourth-order valence-corrected chi connectivity index (χ4v) is 1.79. The van der Waals surface area contributed by atoms with Crippen LogP contribution in [0.2, 0.25) is 5.02 Å². The number of hydrogen-bond donors (Lipinski definition) is 2. The van der Waals surface area contributed by atoms with Gasteiger partial charge in [-0.05, 0) is 18.6 Å². The lowest BCUT2D eigenvalue weighted by Gasteiger charge is -2.14. The number of amides is 1. The molecule has 5 nitrogen and oxygen atoms in total. The Hall–Kier alpha value is -1.82. The highest BCUT2D eigenvalue weighted by Crippen LogP contribution is 2.20. The third kappa shape index (κ3) is 5.99. The van der Waals surface area contributed by atoms with Gasteiger partial charge in [-0.25, -0.2) is 9.18 Å². The third-order valence-electron chi connectivity index (χ3n) is 2.74. The van der Waals surface area contributed by atoms with E-state index in [4.69, 9.17) is 21.4 Å². The molecule has 0 saturated carbocycles. The number of aliphatic carboxylic acids is 1. The quantitative estimate of drug-likeness (QED) is 0.773. The first-order valence-electron chi connectivity index (χ1n) is 6.54. The summed E-state index contributed by atoms with van der Waals surface area (Å²) in [5.74, 6) is -1.99. The number of carbonyl (C=O) groups is 2. The molecule has 1 amide bonds. The van der Waals surface area contributed by atoms with Crippen molar-refractivity contribution in [2.24, 2.45) is 0 Å². The Kier molecular flexibility index (Phi) is 6.94. The Labute approximate surface area is 127 Å². The van der Waals surface area contributed by atoms with Crippen LogP contribution in [0.4, 0.5) is 4.39 Å². The maximum absolute atomic E-state index is 12.9. The van der Waals surface area contributed by atoms with Gasteiger partial charge in [0.2, 0.25) is 0 Å². The Morgan fingerprint density at radius 1 is 1.48 bits per heavy atom. The van der Waals surface area contributed by atoms with Crippen molar-refractivity contribution in [2.45, 2.75) is 32.2 Å². The number of carbonyl (C=O) groups excluding carboxylic acids is 1. The van der Waals surface area contributed by atoms with Crippen LogP contribution in [-0.4, -0.2) is 29.6 Å². The van der Waals surface area contributed by atoms with Gasteiger partial charge in [-0.15, -0.1) is 0 Å². The Morgan fingerprint density at radius 2 is 2.19 bits per heavy atom. The molecule has 1 rings (SSSR count). The van der Waals surface area contributed by atoms with Gasteiger partial charge in [0.05, 0.1) is 5.02 Å². The number of halogens is 2. The second-order valence-electron chi connectivity index (χ2n) is 4.47. The lowest BCUT2D eigenvalue weighted by molar-refractivity contribution is -0.142. The molecule has 7 heteroatoms. The molecule has 0 spiro atoms. The predicted octanol–water partition coefficient (Wildman–Crippen LogP) is 2.62. The van der Waals surface area contributed by atoms with E-state index in [2.05, 4.69) is 5.32 Å². The molecular weight excluding hydrogens is 301 g/mol. The van der Waals surface area contributed by atoms with Crippen LogP contribution in [0.1, 0.15) is 26.2 Å². The molecule has 0 aliphatic heterocycles. The van der Waals surface area contributed by atoms with Crippen LogP contribution < -0.4 is 10.1 Å². The van der Waals surface area contributed by atoms with Gasteiger partial charge in [0.1, 0.15) is 17.6 Å². The Balaban J connectivity index is 2.48. The molecule has 116 valence electrons. The largest absolute Gasteiger partial charge is 0.484 e. The molecule has 0 aromatic heterocycles. The van der Waals surface area contributed by atoms with E-state index in [0.29, 0.717) is 12.8 Å². The summed E-state index contributed by atoms with van der Waals surface area (Å²) in [5.41, 5.74) is 0. The topological polar surface area (TPSA) is 75.6 Å². The van der Waals surface area contributed by atoms with Gasteiger partial charge < -0.3 is 15.2 Å². The van der Waals surface area contributed by atoms with Crippen LogP contribution in [0, 0.1) is 5.82 Å². The summed E-state index contributed by atoms with van der Waals surface area (Å²) in [4.78, 5) is 22.6. The van der Waals surface area contributed by atoms with Gasteiger partial charge in [0.25, 0.3) is 5.91 Å². The number of benzene rings is 1. The summed E-state index contributed by atoms with van der Waals surface area (Å²) in [6.45, 7) is 1.57. The van der Waals surface area contributed by atoms with Crippen molar-refractivity contribution >= 4 is 23.5 Å². The minimum Gasteiger partial charge on any atom is -0.484 e. The van der Waals surface area contributed by atoms with E-state index < -0.39 is 23.7 Å². The molecule has 1 aromatic rings. The first-order chi connectivity index (χ1) is 9.93. The highest BCUT2D eigenvalue weighted by Gasteiger charge is 2.19. The highest BCUT2D eigenvalue weighted by molar-refractivity contribution is 6.30. The lowest BCUT2D eigenvalue weighted by atomic mass is 10.1. The van der Waals surface area contributed by atoms with Crippen LogP contribution in [0.15, 0.2) is 18.2 Å². The zero-order valence-corrected chi connectivity index (χ0v) is 12.3. The molecule has 1 atom stereocenters. The molecule has 0 heterocycles. The van der Waals surface area contributed by atoms with Crippen molar-refractivity contribution in [1.82, 2.24) is 5.32 Å². The molecule has 21 heavy (non-hydrogen) atoms. The van der Waals surface area contributed by atoms with Crippen LogP contribution in [0.5, 0.6) is 5.75 Å². The number of unbranched alkanes of at least 4 members (excludes halogenated alkanes) is 1. The number of rotatable bonds is 8. The molecule has 0 bridgehead atoms. The fraction of sp³-hybridized carbons (Fsp3) is 0.429. The van der Waals surface area contributed by atoms with Crippen molar-refractivity contribution in [3.05, 3.63) is 29.0 Å². The summed E-state index contributed by atoms with van der Waals surface area (Å²) in [7, 11) is 0. The van der Waals surface area contributed by atoms with Gasteiger partial charge in [0, 0.05) is 6.07 Å². The highest BCUT2D eigenvalue weighted by atomic mass is 35.5. The normalized spacial score (nSPS) is 11.8. The average Bonchev–Trinajstić information content (AvgIpc) is 2.44. The first kappa shape index (κ1) is 17.2. The predicted molar refractivity (Wildman–Crippen MR) is 76.0 cm³/mol. The molecular formula is C14H17ClFNO4. The fourth-order valence-electron chi connectivity index (χ4n) is 1.62. The lowest BCUT2D eigenvalue weighted by Crippen LogP contribution is -2.42. The first-order valence-corrected chi connectivity index (χ1v) is 6.91. The number of ether oxygens (including phenoxy) is 1. The van der Waals surface area contributed by atoms with Crippen molar-refractivity contribution in [1.29, 1.82) is 0 Å². The minimum absolute atomic E-state index is 0.112. The average molecular weight is 318 g/mol. The van der Waals surface area contributed by atoms with Crippen LogP contribution >= 0.6 is 11.6 Å². The number of carboxylic acid groups (broad SMARTS) is 1. The van der Waals surface area contributed by atoms with Crippen molar-refractivity contribution in [3.63, 3.8) is 0 Å². The van der Waals surface area contributed by atoms with Crippen LogP contribution in [0.25, 0.3) is 0 Å². The number of hydrogen-bond acceptors (Lipinski definition) is 3. The monoisotopic (exact) mass is 317 g/mol. The number of nitrogens with one attached hydrogen (secondary N) is 1. The van der Waals surface area contributed by atoms with Gasteiger partial charge in [-0.1, -0.05) is 31.4 Å². The zero-order valence-electron chi connectivity index (χ0n) is 11.6. The molecule has 1 unspecified atom stereocenters. The summed E-state index contributed by atoms with van der Waals surface area (Å²) in [6, 6.07) is 2.77. The van der Waals surface area contributed by atoms with E-state index in [0.717, 1.165) is 12.5 Å². The Bertz CT molecular complexity index is 510. The second kappa shape index (κ2) is 8.46. The van der Waals surface area contributed by atoms with Gasteiger partial charge in [0.15, 0.2) is 6.61 Å². The SMILES string of the molecule is CCCCC(NC(=O)COc1ccc(F)c(Cl)c1)C(=O)O. The molecule has 2 N–H and O–H groups in total. The standard InChI is InChI=1S/C14H17ClFNO4/c1-2-3-4-12(14(19)20)17-13(18)8-21-9-5-6-11(16)10(15)7-9/h5-7,12H,2-4,8H2,1H3,(H,17,18)(H,19,20). The van der Waals surface area contributed by atoms with Crippen molar-refractivity contribution in [2.75, 3.05) is 6.61 Å². The zero-order chi connectivity index (χ0) is 15.8. The molecule has 0 fully saturated rings. The van der Waals surface area contributed by atoms with E-state index in [1.54, 1.807) is 0 Å². The van der Waals surface area contributed by atoms with E-state index in [1.807, 2.05) is 6.92 Å². The molecule has 0 saturated heterocycles. The summed E-state index contributed by atoms with van der Waals surface area (Å²) in [6.07, 6.45) is 1.90. The second-order valence-corrected chi connectivity index (χ2v) is 4.87. The van der Waals surface area contributed by atoms with Crippen molar-refractivity contribution in [3.8, 4) is 5.75 Å². The van der Waals surface area contributed by atoms with E-state index in [9.17, 15) is 14.0 Å². The van der Waals surface area contributed by atoms with Gasteiger partial charge in [-0.3, -0.25) is 4.79 Å². The maximum Gasteiger partial charge on any atom is 0.326 e. The van der Waals surface area contributed by atoms with Gasteiger partial charge in [-0.2, -0.15) is 0 Å². The maximum atomic E-state index is 12.9. The van der Waals surface area contributed by atoms with E-state index in [-0.39, 0.29) is 17.4 Å². The van der Waals surface area contributed by atoms with Gasteiger partial charge >= 0.3 is 5.97 Å². The summed E-state index contributed by atoms with van der Waals surface area (Å²) >= 11 is 5.58. The van der Waals surface area contributed by atoms with E-state index in [1.165, 1.54) is 12.1 Å². The van der Waals surface area contributed by atoms with Crippen LogP contribution in [-0.2, 0) is 9.59 Å². The third-order valence-corrected chi connectivity index (χ3v) is 3.03. The molecule has 0 aliphatic carbocycles. The molecule has 0 aliphatic rings. The Morgan fingerprint density at radius 3 is 2.76 bits per heavy atom. The smallest absolute Gasteiger partial charge is 0.326 e. The van der Waals surface area contributed by atoms with Crippen molar-refractivity contribution < 1.29 is 23.8 Å². The van der Waals surface area contributed by atoms with E-state index >= 15 is 0 Å². The minimum atomic E-state index is -1.08. The molecule has 0 radical (unpaired) electrons. The van der Waals surface area contributed by atoms with Crippen LogP contribution in [0.3, 0.4) is 0 Å². The summed E-state index contributed by atoms with van der Waals surface area (Å²) in [5, 5.41) is 11.3. The number of carboxylic acids is 1. The summed E-state index contributed by atoms with van der Waals surface area (Å²) < 4.78 is 18.1. The molecule has 1 aromatic carbocycles.